The number of carbonyl (C=O) groups is 2. The zero-order valence-corrected chi connectivity index (χ0v) is 8.88. The van der Waals surface area contributed by atoms with Crippen LogP contribution in [0.5, 0.6) is 0 Å². The van der Waals surface area contributed by atoms with Gasteiger partial charge in [-0.05, 0) is 6.07 Å². The molecule has 0 unspecified atom stereocenters. The monoisotopic (exact) mass is 236 g/mol. The van der Waals surface area contributed by atoms with Gasteiger partial charge in [-0.2, -0.15) is 0 Å². The molecule has 0 aromatic heterocycles. The zero-order chi connectivity index (χ0) is 12.6. The van der Waals surface area contributed by atoms with Crippen molar-refractivity contribution >= 4 is 17.6 Å². The fourth-order valence-corrected chi connectivity index (χ4v) is 1.91. The largest absolute Gasteiger partial charge is 0.480 e. The van der Waals surface area contributed by atoms with Crippen molar-refractivity contribution in [3.05, 3.63) is 29.8 Å². The number of aliphatic carboxylic acids is 1. The summed E-state index contributed by atoms with van der Waals surface area (Å²) in [4.78, 5) is 22.4. The van der Waals surface area contributed by atoms with Crippen LogP contribution < -0.4 is 11.1 Å². The molecule has 6 heteroatoms. The molecule has 1 heterocycles. The molecule has 0 saturated carbocycles. The zero-order valence-electron chi connectivity index (χ0n) is 8.88. The number of aliphatic hydroxyl groups is 1. The van der Waals surface area contributed by atoms with E-state index in [1.54, 1.807) is 24.3 Å². The van der Waals surface area contributed by atoms with Crippen LogP contribution >= 0.6 is 0 Å². The highest BCUT2D eigenvalue weighted by Crippen LogP contribution is 2.38. The van der Waals surface area contributed by atoms with Gasteiger partial charge in [-0.25, -0.2) is 0 Å². The van der Waals surface area contributed by atoms with Crippen LogP contribution in [-0.4, -0.2) is 28.1 Å². The molecule has 0 bridgehead atoms. The Labute approximate surface area is 97.1 Å². The third-order valence-electron chi connectivity index (χ3n) is 2.83. The van der Waals surface area contributed by atoms with Crippen molar-refractivity contribution in [2.24, 2.45) is 5.73 Å². The Morgan fingerprint density at radius 3 is 2.76 bits per heavy atom. The number of carboxylic acid groups (broad SMARTS) is 1. The van der Waals surface area contributed by atoms with Gasteiger partial charge in [-0.1, -0.05) is 18.2 Å². The van der Waals surface area contributed by atoms with Crippen LogP contribution in [0.1, 0.15) is 12.0 Å². The number of carbonyl (C=O) groups excluding carboxylic acids is 1. The highest BCUT2D eigenvalue weighted by atomic mass is 16.4. The summed E-state index contributed by atoms with van der Waals surface area (Å²) in [5.41, 5.74) is 4.34. The predicted octanol–water partition coefficient (Wildman–Crippen LogP) is -0.372. The van der Waals surface area contributed by atoms with Crippen molar-refractivity contribution in [3.63, 3.8) is 0 Å². The van der Waals surface area contributed by atoms with E-state index in [9.17, 15) is 14.7 Å². The van der Waals surface area contributed by atoms with Crippen molar-refractivity contribution in [1.29, 1.82) is 0 Å². The molecule has 0 aliphatic carbocycles. The first-order valence-electron chi connectivity index (χ1n) is 5.07. The second kappa shape index (κ2) is 3.83. The Balaban J connectivity index is 2.37. The lowest BCUT2D eigenvalue weighted by Gasteiger charge is -2.22. The number of benzene rings is 1. The molecule has 0 fully saturated rings. The van der Waals surface area contributed by atoms with Crippen molar-refractivity contribution in [1.82, 2.24) is 0 Å². The second-order valence-electron chi connectivity index (χ2n) is 4.01. The van der Waals surface area contributed by atoms with Crippen LogP contribution in [-0.2, 0) is 15.2 Å². The highest BCUT2D eigenvalue weighted by Gasteiger charge is 2.46. The smallest absolute Gasteiger partial charge is 0.320 e. The summed E-state index contributed by atoms with van der Waals surface area (Å²) in [5.74, 6) is -1.90. The quantitative estimate of drug-likeness (QED) is 0.572. The molecule has 1 aromatic carbocycles. The van der Waals surface area contributed by atoms with Crippen LogP contribution in [0.25, 0.3) is 0 Å². The van der Waals surface area contributed by atoms with Crippen LogP contribution in [0.4, 0.5) is 5.69 Å². The second-order valence-corrected chi connectivity index (χ2v) is 4.01. The summed E-state index contributed by atoms with van der Waals surface area (Å²) in [5, 5.41) is 21.5. The van der Waals surface area contributed by atoms with Crippen LogP contribution in [0.2, 0.25) is 0 Å². The van der Waals surface area contributed by atoms with Crippen molar-refractivity contribution < 1.29 is 19.8 Å². The van der Waals surface area contributed by atoms with Gasteiger partial charge in [0.1, 0.15) is 6.04 Å². The summed E-state index contributed by atoms with van der Waals surface area (Å²) in [7, 11) is 0. The van der Waals surface area contributed by atoms with Gasteiger partial charge in [0, 0.05) is 17.7 Å². The number of fused-ring (bicyclic) bond motifs is 1. The first-order chi connectivity index (χ1) is 7.95. The van der Waals surface area contributed by atoms with E-state index < -0.39 is 23.5 Å². The summed E-state index contributed by atoms with van der Waals surface area (Å²) < 4.78 is 0. The fraction of sp³-hybridized carbons (Fsp3) is 0.273. The van der Waals surface area contributed by atoms with Gasteiger partial charge in [0.25, 0.3) is 5.91 Å². The maximum atomic E-state index is 11.7. The molecule has 90 valence electrons. The number of rotatable bonds is 3. The molecule has 1 aliphatic heterocycles. The molecule has 6 nitrogen and oxygen atoms in total. The van der Waals surface area contributed by atoms with Gasteiger partial charge >= 0.3 is 5.97 Å². The Bertz CT molecular complexity index is 488. The topological polar surface area (TPSA) is 113 Å². The molecule has 2 atom stereocenters. The van der Waals surface area contributed by atoms with Gasteiger partial charge in [0.2, 0.25) is 0 Å². The number of nitrogens with one attached hydrogen (secondary N) is 1. The van der Waals surface area contributed by atoms with E-state index in [2.05, 4.69) is 5.32 Å². The van der Waals surface area contributed by atoms with E-state index in [1.165, 1.54) is 0 Å². The summed E-state index contributed by atoms with van der Waals surface area (Å²) in [6.45, 7) is 0. The normalized spacial score (nSPS) is 24.0. The molecule has 0 radical (unpaired) electrons. The summed E-state index contributed by atoms with van der Waals surface area (Å²) in [6.07, 6.45) is -0.356. The SMILES string of the molecule is N[C@@H](C[C@@]1(O)C(=O)Nc2ccccc21)C(=O)O. The molecule has 2 rings (SSSR count). The minimum absolute atomic E-state index is 0.356. The van der Waals surface area contributed by atoms with Gasteiger partial charge in [0.05, 0.1) is 0 Å². The lowest BCUT2D eigenvalue weighted by molar-refractivity contribution is -0.143. The average molecular weight is 236 g/mol. The highest BCUT2D eigenvalue weighted by molar-refractivity contribution is 6.05. The number of hydrogen-bond donors (Lipinski definition) is 4. The number of anilines is 1. The van der Waals surface area contributed by atoms with Gasteiger partial charge in [0.15, 0.2) is 5.60 Å². The van der Waals surface area contributed by atoms with Crippen LogP contribution in [0.3, 0.4) is 0 Å². The third kappa shape index (κ3) is 1.77. The van der Waals surface area contributed by atoms with Crippen LogP contribution in [0.15, 0.2) is 24.3 Å². The minimum Gasteiger partial charge on any atom is -0.480 e. The van der Waals surface area contributed by atoms with Gasteiger partial charge in [-0.3, -0.25) is 9.59 Å². The average Bonchev–Trinajstić information content (AvgIpc) is 2.52. The summed E-state index contributed by atoms with van der Waals surface area (Å²) >= 11 is 0. The van der Waals surface area contributed by atoms with E-state index in [1.807, 2.05) is 0 Å². The Hall–Kier alpha value is -1.92. The number of hydrogen-bond acceptors (Lipinski definition) is 4. The van der Waals surface area contributed by atoms with Crippen LogP contribution in [0, 0.1) is 0 Å². The maximum absolute atomic E-state index is 11.7. The first kappa shape index (κ1) is 11.6. The Morgan fingerprint density at radius 1 is 1.47 bits per heavy atom. The summed E-state index contributed by atoms with van der Waals surface area (Å²) in [6, 6.07) is 5.29. The molecule has 1 aliphatic rings. The van der Waals surface area contributed by atoms with E-state index in [0.29, 0.717) is 11.3 Å². The third-order valence-corrected chi connectivity index (χ3v) is 2.83. The number of nitrogens with two attached hydrogens (primary N) is 1. The predicted molar refractivity (Wildman–Crippen MR) is 59.2 cm³/mol. The molecule has 0 spiro atoms. The van der Waals surface area contributed by atoms with E-state index in [4.69, 9.17) is 10.8 Å². The van der Waals surface area contributed by atoms with Crippen molar-refractivity contribution in [2.75, 3.05) is 5.32 Å². The molecular formula is C11H12N2O4. The number of para-hydroxylation sites is 1. The van der Waals surface area contributed by atoms with E-state index in [0.717, 1.165) is 0 Å². The van der Waals surface area contributed by atoms with Gasteiger partial charge < -0.3 is 21.3 Å². The molecule has 1 aromatic rings. The maximum Gasteiger partial charge on any atom is 0.320 e. The van der Waals surface area contributed by atoms with E-state index in [-0.39, 0.29) is 6.42 Å². The standard InChI is InChI=1S/C11H12N2O4/c12-7(9(14)15)5-11(17)6-3-1-2-4-8(6)13-10(11)16/h1-4,7,17H,5,12H2,(H,13,16)(H,14,15)/t7-,11-/m0/s1. The van der Waals surface area contributed by atoms with E-state index >= 15 is 0 Å². The lowest BCUT2D eigenvalue weighted by Crippen LogP contribution is -2.43. The first-order valence-corrected chi connectivity index (χ1v) is 5.07. The minimum atomic E-state index is -1.87. The Morgan fingerprint density at radius 2 is 2.12 bits per heavy atom. The molecule has 17 heavy (non-hydrogen) atoms. The number of amides is 1. The number of carboxylic acids is 1. The molecule has 1 amide bonds. The lowest BCUT2D eigenvalue weighted by atomic mass is 9.89. The molecule has 0 saturated heterocycles. The fourth-order valence-electron chi connectivity index (χ4n) is 1.91. The Kier molecular flexibility index (Phi) is 2.60. The van der Waals surface area contributed by atoms with Crippen molar-refractivity contribution in [2.45, 2.75) is 18.1 Å². The van der Waals surface area contributed by atoms with Crippen molar-refractivity contribution in [3.8, 4) is 0 Å². The molecule has 5 N–H and O–H groups in total. The van der Waals surface area contributed by atoms with Gasteiger partial charge in [-0.15, -0.1) is 0 Å². The molecular weight excluding hydrogens is 224 g/mol.